The molecule has 0 spiro atoms. The lowest BCUT2D eigenvalue weighted by molar-refractivity contribution is -0.139. The molecular weight excluding hydrogens is 602 g/mol. The maximum absolute atomic E-state index is 14.2. The number of hydrogen-bond donors (Lipinski definition) is 1. The molecule has 0 aliphatic carbocycles. The van der Waals surface area contributed by atoms with Crippen molar-refractivity contribution in [2.45, 2.75) is 30.8 Å². The SMILES string of the molecule is CNC(=O)C(Cc1ccccc1)N(Cc1ccccc1)C(=O)CN(c1cccc(Br)c1)S(=O)(=O)c1ccc(C)cc1. The van der Waals surface area contributed by atoms with E-state index in [1.807, 2.05) is 67.6 Å². The van der Waals surface area contributed by atoms with Crippen molar-refractivity contribution in [3.8, 4) is 0 Å². The fraction of sp³-hybridized carbons (Fsp3) is 0.188. The number of carbonyl (C=O) groups is 2. The predicted octanol–water partition coefficient (Wildman–Crippen LogP) is 5.34. The Balaban J connectivity index is 1.77. The number of aryl methyl sites for hydroxylation is 1. The van der Waals surface area contributed by atoms with Gasteiger partial charge in [-0.1, -0.05) is 100 Å². The highest BCUT2D eigenvalue weighted by atomic mass is 79.9. The maximum atomic E-state index is 14.2. The second-order valence-corrected chi connectivity index (χ2v) is 12.4. The lowest BCUT2D eigenvalue weighted by Crippen LogP contribution is -2.53. The van der Waals surface area contributed by atoms with Crippen molar-refractivity contribution < 1.29 is 18.0 Å². The van der Waals surface area contributed by atoms with Gasteiger partial charge in [0.2, 0.25) is 11.8 Å². The van der Waals surface area contributed by atoms with Gasteiger partial charge in [0, 0.05) is 24.5 Å². The molecule has 0 bridgehead atoms. The minimum absolute atomic E-state index is 0.0672. The fourth-order valence-corrected chi connectivity index (χ4v) is 6.29. The Bertz CT molecular complexity index is 1580. The van der Waals surface area contributed by atoms with Crippen LogP contribution in [0.4, 0.5) is 5.69 Å². The molecule has 0 saturated heterocycles. The smallest absolute Gasteiger partial charge is 0.264 e. The lowest BCUT2D eigenvalue weighted by atomic mass is 10.0. The first-order chi connectivity index (χ1) is 19.7. The summed E-state index contributed by atoms with van der Waals surface area (Å²) in [6.45, 7) is 1.50. The number of likely N-dealkylation sites (N-methyl/N-ethyl adjacent to an activating group) is 1. The van der Waals surface area contributed by atoms with Gasteiger partial charge in [0.15, 0.2) is 0 Å². The first-order valence-electron chi connectivity index (χ1n) is 13.1. The van der Waals surface area contributed by atoms with Gasteiger partial charge in [-0.15, -0.1) is 0 Å². The number of halogens is 1. The molecule has 212 valence electrons. The third-order valence-corrected chi connectivity index (χ3v) is 8.98. The Kier molecular flexibility index (Phi) is 9.96. The summed E-state index contributed by atoms with van der Waals surface area (Å²) in [5.41, 5.74) is 2.94. The fourth-order valence-electron chi connectivity index (χ4n) is 4.50. The van der Waals surface area contributed by atoms with Gasteiger partial charge in [-0.3, -0.25) is 13.9 Å². The number of amides is 2. The van der Waals surface area contributed by atoms with E-state index in [2.05, 4.69) is 21.2 Å². The molecule has 4 aromatic carbocycles. The summed E-state index contributed by atoms with van der Waals surface area (Å²) in [6, 6.07) is 31.2. The van der Waals surface area contributed by atoms with Crippen molar-refractivity contribution in [3.63, 3.8) is 0 Å². The van der Waals surface area contributed by atoms with Crippen LogP contribution in [0.25, 0.3) is 0 Å². The van der Waals surface area contributed by atoms with Gasteiger partial charge >= 0.3 is 0 Å². The van der Waals surface area contributed by atoms with E-state index in [1.54, 1.807) is 36.4 Å². The van der Waals surface area contributed by atoms with Crippen molar-refractivity contribution >= 4 is 43.5 Å². The quantitative estimate of drug-likeness (QED) is 0.242. The Labute approximate surface area is 250 Å². The van der Waals surface area contributed by atoms with Gasteiger partial charge in [-0.05, 0) is 48.4 Å². The monoisotopic (exact) mass is 633 g/mol. The van der Waals surface area contributed by atoms with Crippen LogP contribution in [-0.4, -0.2) is 44.8 Å². The molecule has 0 radical (unpaired) electrons. The molecule has 0 aliphatic rings. The van der Waals surface area contributed by atoms with E-state index in [0.717, 1.165) is 21.0 Å². The Morgan fingerprint density at radius 1 is 0.829 bits per heavy atom. The molecule has 0 fully saturated rings. The third-order valence-electron chi connectivity index (χ3n) is 6.70. The molecule has 0 saturated carbocycles. The highest BCUT2D eigenvalue weighted by molar-refractivity contribution is 9.10. The van der Waals surface area contributed by atoms with E-state index in [1.165, 1.54) is 24.1 Å². The molecule has 0 aromatic heterocycles. The highest BCUT2D eigenvalue weighted by Gasteiger charge is 2.34. The molecule has 0 aliphatic heterocycles. The number of sulfonamides is 1. The molecule has 4 rings (SSSR count). The molecule has 1 unspecified atom stereocenters. The zero-order valence-corrected chi connectivity index (χ0v) is 25.3. The van der Waals surface area contributed by atoms with Crippen LogP contribution in [0.1, 0.15) is 16.7 Å². The Morgan fingerprint density at radius 3 is 2.02 bits per heavy atom. The van der Waals surface area contributed by atoms with E-state index in [-0.39, 0.29) is 23.8 Å². The molecular formula is C32H32BrN3O4S. The number of carbonyl (C=O) groups excluding carboxylic acids is 2. The normalized spacial score (nSPS) is 11.9. The van der Waals surface area contributed by atoms with Gasteiger partial charge in [0.1, 0.15) is 12.6 Å². The lowest BCUT2D eigenvalue weighted by Gasteiger charge is -2.33. The van der Waals surface area contributed by atoms with Crippen LogP contribution in [0.2, 0.25) is 0 Å². The Hall–Kier alpha value is -3.95. The minimum atomic E-state index is -4.14. The van der Waals surface area contributed by atoms with Gasteiger partial charge < -0.3 is 10.2 Å². The van der Waals surface area contributed by atoms with E-state index >= 15 is 0 Å². The summed E-state index contributed by atoms with van der Waals surface area (Å²) in [6.07, 6.45) is 0.265. The zero-order chi connectivity index (χ0) is 29.4. The first kappa shape index (κ1) is 30.0. The maximum Gasteiger partial charge on any atom is 0.264 e. The topological polar surface area (TPSA) is 86.8 Å². The van der Waals surface area contributed by atoms with Crippen molar-refractivity contribution in [1.82, 2.24) is 10.2 Å². The number of anilines is 1. The molecule has 1 atom stereocenters. The molecule has 41 heavy (non-hydrogen) atoms. The standard InChI is InChI=1S/C32H32BrN3O4S/c1-24-16-18-29(19-17-24)41(39,40)36(28-15-9-14-27(33)21-28)23-31(37)35(22-26-12-7-4-8-13-26)30(32(38)34-2)20-25-10-5-3-6-11-25/h3-19,21,30H,20,22-23H2,1-2H3,(H,34,38). The summed E-state index contributed by atoms with van der Waals surface area (Å²) in [7, 11) is -2.61. The Morgan fingerprint density at radius 2 is 1.44 bits per heavy atom. The van der Waals surface area contributed by atoms with Gasteiger partial charge in [0.25, 0.3) is 10.0 Å². The van der Waals surface area contributed by atoms with Crippen molar-refractivity contribution in [1.29, 1.82) is 0 Å². The van der Waals surface area contributed by atoms with Crippen LogP contribution < -0.4 is 9.62 Å². The van der Waals surface area contributed by atoms with Gasteiger partial charge in [0.05, 0.1) is 10.6 Å². The van der Waals surface area contributed by atoms with Crippen molar-refractivity contribution in [3.05, 3.63) is 130 Å². The second kappa shape index (κ2) is 13.6. The van der Waals surface area contributed by atoms with Crippen LogP contribution in [0.5, 0.6) is 0 Å². The van der Waals surface area contributed by atoms with Crippen LogP contribution in [0.3, 0.4) is 0 Å². The highest BCUT2D eigenvalue weighted by Crippen LogP contribution is 2.27. The largest absolute Gasteiger partial charge is 0.357 e. The molecule has 0 heterocycles. The zero-order valence-electron chi connectivity index (χ0n) is 22.9. The third kappa shape index (κ3) is 7.62. The van der Waals surface area contributed by atoms with E-state index in [4.69, 9.17) is 0 Å². The number of nitrogens with zero attached hydrogens (tertiary/aromatic N) is 2. The summed E-state index contributed by atoms with van der Waals surface area (Å²) < 4.78 is 29.7. The van der Waals surface area contributed by atoms with Crippen LogP contribution in [0.15, 0.2) is 119 Å². The molecule has 4 aromatic rings. The summed E-state index contributed by atoms with van der Waals surface area (Å²) >= 11 is 3.42. The predicted molar refractivity (Wildman–Crippen MR) is 165 cm³/mol. The first-order valence-corrected chi connectivity index (χ1v) is 15.4. The van der Waals surface area contributed by atoms with E-state index in [0.29, 0.717) is 10.2 Å². The summed E-state index contributed by atoms with van der Waals surface area (Å²) in [5, 5.41) is 2.69. The van der Waals surface area contributed by atoms with Crippen LogP contribution >= 0.6 is 15.9 Å². The number of nitrogens with one attached hydrogen (secondary N) is 1. The minimum Gasteiger partial charge on any atom is -0.357 e. The summed E-state index contributed by atoms with van der Waals surface area (Å²) in [4.78, 5) is 29.0. The average molecular weight is 635 g/mol. The number of rotatable bonds is 11. The summed E-state index contributed by atoms with van der Waals surface area (Å²) in [5.74, 6) is -0.845. The van der Waals surface area contributed by atoms with Gasteiger partial charge in [-0.25, -0.2) is 8.42 Å². The molecule has 1 N–H and O–H groups in total. The molecule has 7 nitrogen and oxygen atoms in total. The molecule has 2 amide bonds. The van der Waals surface area contributed by atoms with E-state index < -0.39 is 28.5 Å². The van der Waals surface area contributed by atoms with Crippen LogP contribution in [-0.2, 0) is 32.6 Å². The molecule has 9 heteroatoms. The van der Waals surface area contributed by atoms with Gasteiger partial charge in [-0.2, -0.15) is 0 Å². The second-order valence-electron chi connectivity index (χ2n) is 9.63. The number of benzene rings is 4. The average Bonchev–Trinajstić information content (AvgIpc) is 2.98. The van der Waals surface area contributed by atoms with E-state index in [9.17, 15) is 18.0 Å². The van der Waals surface area contributed by atoms with Crippen molar-refractivity contribution in [2.75, 3.05) is 17.9 Å². The van der Waals surface area contributed by atoms with Crippen molar-refractivity contribution in [2.24, 2.45) is 0 Å². The van der Waals surface area contributed by atoms with Crippen LogP contribution in [0, 0.1) is 6.92 Å². The number of hydrogen-bond acceptors (Lipinski definition) is 4.